The van der Waals surface area contributed by atoms with Crippen molar-refractivity contribution in [3.8, 4) is 0 Å². The van der Waals surface area contributed by atoms with Gasteiger partial charge in [-0.25, -0.2) is 0 Å². The van der Waals surface area contributed by atoms with Crippen molar-refractivity contribution >= 4 is 32.6 Å². The van der Waals surface area contributed by atoms with Crippen LogP contribution in [0.4, 0.5) is 0 Å². The van der Waals surface area contributed by atoms with Crippen LogP contribution in [-0.2, 0) is 0 Å². The van der Waals surface area contributed by atoms with Crippen LogP contribution in [0.15, 0.2) is 40.9 Å². The summed E-state index contributed by atoms with van der Waals surface area (Å²) in [6.45, 7) is 4.48. The van der Waals surface area contributed by atoms with E-state index in [1.165, 1.54) is 0 Å². The van der Waals surface area contributed by atoms with Gasteiger partial charge in [0, 0.05) is 23.1 Å². The lowest BCUT2D eigenvalue weighted by molar-refractivity contribution is 0.0618. The van der Waals surface area contributed by atoms with E-state index in [-0.39, 0.29) is 5.91 Å². The van der Waals surface area contributed by atoms with E-state index < -0.39 is 0 Å². The summed E-state index contributed by atoms with van der Waals surface area (Å²) in [7, 11) is 0. The van der Waals surface area contributed by atoms with E-state index in [4.69, 9.17) is 5.73 Å². The van der Waals surface area contributed by atoms with Crippen LogP contribution in [0, 0.1) is 11.8 Å². The number of benzene rings is 2. The van der Waals surface area contributed by atoms with Gasteiger partial charge in [-0.2, -0.15) is 0 Å². The van der Waals surface area contributed by atoms with Crippen molar-refractivity contribution in [2.24, 2.45) is 17.6 Å². The third-order valence-electron chi connectivity index (χ3n) is 4.75. The summed E-state index contributed by atoms with van der Waals surface area (Å²) in [6, 6.07) is 12.0. The zero-order valence-corrected chi connectivity index (χ0v) is 14.3. The number of amides is 1. The van der Waals surface area contributed by atoms with Crippen LogP contribution in [0.3, 0.4) is 0 Å². The Balaban J connectivity index is 1.84. The molecule has 1 aliphatic rings. The molecule has 2 atom stereocenters. The molecule has 0 spiro atoms. The SMILES string of the molecule is CC1CCN(C(=O)c2ccc3cc(Br)ccc3c2)CC1CN. The highest BCUT2D eigenvalue weighted by Gasteiger charge is 2.28. The third kappa shape index (κ3) is 3.03. The van der Waals surface area contributed by atoms with Gasteiger partial charge in [-0.15, -0.1) is 0 Å². The van der Waals surface area contributed by atoms with Crippen molar-refractivity contribution < 1.29 is 4.79 Å². The van der Waals surface area contributed by atoms with Gasteiger partial charge in [0.15, 0.2) is 0 Å². The molecular weight excluding hydrogens is 340 g/mol. The normalized spacial score (nSPS) is 22.0. The molecule has 1 amide bonds. The van der Waals surface area contributed by atoms with Crippen LogP contribution < -0.4 is 5.73 Å². The number of nitrogens with two attached hydrogens (primary N) is 1. The molecule has 0 radical (unpaired) electrons. The molecule has 2 aromatic rings. The second-order valence-corrected chi connectivity index (χ2v) is 7.13. The Morgan fingerprint density at radius 2 is 2.00 bits per heavy atom. The molecule has 1 saturated heterocycles. The third-order valence-corrected chi connectivity index (χ3v) is 5.25. The summed E-state index contributed by atoms with van der Waals surface area (Å²) < 4.78 is 1.05. The van der Waals surface area contributed by atoms with Gasteiger partial charge >= 0.3 is 0 Å². The molecule has 3 nitrogen and oxygen atoms in total. The summed E-state index contributed by atoms with van der Waals surface area (Å²) >= 11 is 3.48. The van der Waals surface area contributed by atoms with E-state index in [0.29, 0.717) is 18.4 Å². The second kappa shape index (κ2) is 6.39. The van der Waals surface area contributed by atoms with E-state index in [0.717, 1.165) is 40.3 Å². The maximum atomic E-state index is 12.8. The van der Waals surface area contributed by atoms with E-state index in [1.807, 2.05) is 35.2 Å². The summed E-state index contributed by atoms with van der Waals surface area (Å²) in [5, 5.41) is 2.23. The van der Waals surface area contributed by atoms with Crippen molar-refractivity contribution in [1.82, 2.24) is 4.90 Å². The van der Waals surface area contributed by atoms with Gasteiger partial charge < -0.3 is 10.6 Å². The topological polar surface area (TPSA) is 46.3 Å². The monoisotopic (exact) mass is 360 g/mol. The van der Waals surface area contributed by atoms with Crippen molar-refractivity contribution in [3.63, 3.8) is 0 Å². The van der Waals surface area contributed by atoms with Crippen molar-refractivity contribution in [2.75, 3.05) is 19.6 Å². The predicted molar refractivity (Wildman–Crippen MR) is 93.9 cm³/mol. The Hall–Kier alpha value is -1.39. The Labute approximate surface area is 139 Å². The van der Waals surface area contributed by atoms with Gasteiger partial charge in [0.1, 0.15) is 0 Å². The zero-order valence-electron chi connectivity index (χ0n) is 12.8. The molecule has 3 rings (SSSR count). The van der Waals surface area contributed by atoms with Crippen LogP contribution in [0.25, 0.3) is 10.8 Å². The molecule has 0 aromatic heterocycles. The largest absolute Gasteiger partial charge is 0.338 e. The Morgan fingerprint density at radius 3 is 2.77 bits per heavy atom. The number of carbonyl (C=O) groups is 1. The molecule has 2 unspecified atom stereocenters. The number of rotatable bonds is 2. The number of hydrogen-bond donors (Lipinski definition) is 1. The Bertz CT molecular complexity index is 701. The maximum absolute atomic E-state index is 12.8. The molecule has 1 heterocycles. The Morgan fingerprint density at radius 1 is 1.27 bits per heavy atom. The average molecular weight is 361 g/mol. The quantitative estimate of drug-likeness (QED) is 0.887. The fraction of sp³-hybridized carbons (Fsp3) is 0.389. The van der Waals surface area contributed by atoms with E-state index in [9.17, 15) is 4.79 Å². The molecular formula is C18H21BrN2O. The fourth-order valence-corrected chi connectivity index (χ4v) is 3.55. The molecule has 4 heteroatoms. The smallest absolute Gasteiger partial charge is 0.253 e. The number of nitrogens with zero attached hydrogens (tertiary/aromatic N) is 1. The average Bonchev–Trinajstić information content (AvgIpc) is 2.54. The van der Waals surface area contributed by atoms with Crippen LogP contribution in [0.1, 0.15) is 23.7 Å². The van der Waals surface area contributed by atoms with Gasteiger partial charge in [-0.3, -0.25) is 4.79 Å². The number of likely N-dealkylation sites (tertiary alicyclic amines) is 1. The molecule has 2 N–H and O–H groups in total. The summed E-state index contributed by atoms with van der Waals surface area (Å²) in [6.07, 6.45) is 1.04. The van der Waals surface area contributed by atoms with Gasteiger partial charge in [0.05, 0.1) is 0 Å². The van der Waals surface area contributed by atoms with Gasteiger partial charge in [-0.1, -0.05) is 35.0 Å². The van der Waals surface area contributed by atoms with E-state index in [1.54, 1.807) is 0 Å². The van der Waals surface area contributed by atoms with Crippen molar-refractivity contribution in [3.05, 3.63) is 46.4 Å². The zero-order chi connectivity index (χ0) is 15.7. The molecule has 0 aliphatic carbocycles. The first-order valence-electron chi connectivity index (χ1n) is 7.77. The molecule has 0 saturated carbocycles. The molecule has 116 valence electrons. The number of piperidine rings is 1. The molecule has 1 fully saturated rings. The van der Waals surface area contributed by atoms with Crippen LogP contribution in [0.2, 0.25) is 0 Å². The Kier molecular flexibility index (Phi) is 4.50. The molecule has 2 aromatic carbocycles. The summed E-state index contributed by atoms with van der Waals surface area (Å²) in [4.78, 5) is 14.7. The minimum Gasteiger partial charge on any atom is -0.338 e. The van der Waals surface area contributed by atoms with Gasteiger partial charge in [-0.05, 0) is 59.8 Å². The first-order chi connectivity index (χ1) is 10.6. The second-order valence-electron chi connectivity index (χ2n) is 6.22. The van der Waals surface area contributed by atoms with E-state index in [2.05, 4.69) is 28.9 Å². The number of fused-ring (bicyclic) bond motifs is 1. The molecule has 1 aliphatic heterocycles. The van der Waals surface area contributed by atoms with Crippen LogP contribution in [-0.4, -0.2) is 30.4 Å². The number of halogens is 1. The lowest BCUT2D eigenvalue weighted by atomic mass is 9.87. The van der Waals surface area contributed by atoms with Crippen molar-refractivity contribution in [1.29, 1.82) is 0 Å². The lowest BCUT2D eigenvalue weighted by Crippen LogP contribution is -2.45. The highest BCUT2D eigenvalue weighted by Crippen LogP contribution is 2.25. The summed E-state index contributed by atoms with van der Waals surface area (Å²) in [5.41, 5.74) is 6.60. The van der Waals surface area contributed by atoms with Gasteiger partial charge in [0.2, 0.25) is 0 Å². The highest BCUT2D eigenvalue weighted by molar-refractivity contribution is 9.10. The maximum Gasteiger partial charge on any atom is 0.253 e. The minimum atomic E-state index is 0.121. The predicted octanol–water partition coefficient (Wildman–Crippen LogP) is 3.66. The standard InChI is InChI=1S/C18H21BrN2O/c1-12-6-7-21(11-16(12)10-20)18(22)15-3-2-14-9-17(19)5-4-13(14)8-15/h2-5,8-9,12,16H,6-7,10-11,20H2,1H3. The lowest BCUT2D eigenvalue weighted by Gasteiger charge is -2.36. The number of hydrogen-bond acceptors (Lipinski definition) is 2. The molecule has 22 heavy (non-hydrogen) atoms. The molecule has 0 bridgehead atoms. The van der Waals surface area contributed by atoms with Crippen LogP contribution in [0.5, 0.6) is 0 Å². The summed E-state index contributed by atoms with van der Waals surface area (Å²) in [5.74, 6) is 1.13. The number of carbonyl (C=O) groups excluding carboxylic acids is 1. The van der Waals surface area contributed by atoms with Crippen molar-refractivity contribution in [2.45, 2.75) is 13.3 Å². The highest BCUT2D eigenvalue weighted by atomic mass is 79.9. The first kappa shape index (κ1) is 15.5. The minimum absolute atomic E-state index is 0.121. The first-order valence-corrected chi connectivity index (χ1v) is 8.56. The van der Waals surface area contributed by atoms with Crippen LogP contribution >= 0.6 is 15.9 Å². The van der Waals surface area contributed by atoms with Gasteiger partial charge in [0.25, 0.3) is 5.91 Å². The van der Waals surface area contributed by atoms with E-state index >= 15 is 0 Å². The fourth-order valence-electron chi connectivity index (χ4n) is 3.17.